The molecule has 1 aromatic rings. The molecular weight excluding hydrogens is 224 g/mol. The Balaban J connectivity index is 1.64. The minimum atomic E-state index is -2.49. The van der Waals surface area contributed by atoms with Crippen molar-refractivity contribution in [3.63, 3.8) is 0 Å². The van der Waals surface area contributed by atoms with Crippen LogP contribution in [-0.4, -0.2) is 19.1 Å². The minimum Gasteiger partial charge on any atom is -0.493 e. The topological polar surface area (TPSA) is 21.3 Å². The molecule has 4 heteroatoms. The summed E-state index contributed by atoms with van der Waals surface area (Å²) in [5.41, 5.74) is 2.55. The Morgan fingerprint density at radius 2 is 2.18 bits per heavy atom. The van der Waals surface area contributed by atoms with Crippen molar-refractivity contribution < 1.29 is 13.5 Å². The number of fused-ring (bicyclic) bond motifs is 1. The molecule has 0 bridgehead atoms. The zero-order valence-corrected chi connectivity index (χ0v) is 9.51. The van der Waals surface area contributed by atoms with Gasteiger partial charge in [-0.15, -0.1) is 0 Å². The molecular formula is C13H15F2NO. The first-order valence-corrected chi connectivity index (χ1v) is 5.98. The number of benzene rings is 1. The second-order valence-corrected chi connectivity index (χ2v) is 4.83. The summed E-state index contributed by atoms with van der Waals surface area (Å²) in [6.45, 7) is 1.98. The molecule has 92 valence electrons. The molecule has 0 aromatic heterocycles. The van der Waals surface area contributed by atoms with Crippen LogP contribution in [-0.2, 0) is 13.0 Å². The second-order valence-electron chi connectivity index (χ2n) is 4.83. The molecule has 1 heterocycles. The summed E-state index contributed by atoms with van der Waals surface area (Å²) in [6, 6.07) is 5.87. The Hall–Kier alpha value is -1.16. The van der Waals surface area contributed by atoms with Gasteiger partial charge < -0.3 is 10.1 Å². The van der Waals surface area contributed by atoms with Crippen LogP contribution in [0.1, 0.15) is 17.5 Å². The van der Waals surface area contributed by atoms with Crippen molar-refractivity contribution in [3.8, 4) is 5.75 Å². The maximum atomic E-state index is 12.7. The number of alkyl halides is 2. The van der Waals surface area contributed by atoms with E-state index in [4.69, 9.17) is 4.74 Å². The van der Waals surface area contributed by atoms with Crippen LogP contribution in [0.15, 0.2) is 18.2 Å². The van der Waals surface area contributed by atoms with Gasteiger partial charge in [-0.05, 0) is 36.2 Å². The molecule has 1 aromatic carbocycles. The average Bonchev–Trinajstić information content (AvgIpc) is 2.94. The fourth-order valence-corrected chi connectivity index (χ4v) is 2.19. The Kier molecular flexibility index (Phi) is 2.54. The van der Waals surface area contributed by atoms with Crippen LogP contribution in [0.25, 0.3) is 0 Å². The van der Waals surface area contributed by atoms with Gasteiger partial charge in [0.15, 0.2) is 0 Å². The van der Waals surface area contributed by atoms with E-state index >= 15 is 0 Å². The van der Waals surface area contributed by atoms with Crippen LogP contribution in [0.4, 0.5) is 8.78 Å². The Labute approximate surface area is 99.0 Å². The van der Waals surface area contributed by atoms with E-state index in [9.17, 15) is 8.78 Å². The number of ether oxygens (including phenoxy) is 1. The number of rotatable bonds is 3. The molecule has 1 aliphatic carbocycles. The largest absolute Gasteiger partial charge is 0.493 e. The molecule has 1 aliphatic heterocycles. The quantitative estimate of drug-likeness (QED) is 0.874. The zero-order valence-electron chi connectivity index (χ0n) is 9.51. The van der Waals surface area contributed by atoms with E-state index in [1.807, 2.05) is 18.2 Å². The van der Waals surface area contributed by atoms with Gasteiger partial charge in [-0.3, -0.25) is 0 Å². The molecule has 0 unspecified atom stereocenters. The molecule has 2 nitrogen and oxygen atoms in total. The summed E-state index contributed by atoms with van der Waals surface area (Å²) in [5.74, 6) is -2.36. The third kappa shape index (κ3) is 2.27. The highest BCUT2D eigenvalue weighted by atomic mass is 19.3. The van der Waals surface area contributed by atoms with Crippen LogP contribution < -0.4 is 10.1 Å². The number of hydrogen-bond acceptors (Lipinski definition) is 2. The number of nitrogens with one attached hydrogen (secondary N) is 1. The van der Waals surface area contributed by atoms with E-state index in [0.717, 1.165) is 19.5 Å². The molecule has 2 aliphatic rings. The van der Waals surface area contributed by atoms with Gasteiger partial charge in [0.05, 0.1) is 12.5 Å². The Bertz CT molecular complexity index is 433. The van der Waals surface area contributed by atoms with Crippen LogP contribution in [0.5, 0.6) is 5.75 Å². The summed E-state index contributed by atoms with van der Waals surface area (Å²) >= 11 is 0. The van der Waals surface area contributed by atoms with Crippen molar-refractivity contribution in [1.29, 1.82) is 0 Å². The molecule has 0 amide bonds. The molecule has 1 fully saturated rings. The highest BCUT2D eigenvalue weighted by molar-refractivity contribution is 5.37. The van der Waals surface area contributed by atoms with Crippen LogP contribution in [0, 0.1) is 5.92 Å². The monoisotopic (exact) mass is 239 g/mol. The van der Waals surface area contributed by atoms with Crippen molar-refractivity contribution >= 4 is 0 Å². The summed E-state index contributed by atoms with van der Waals surface area (Å²) < 4.78 is 30.8. The van der Waals surface area contributed by atoms with Gasteiger partial charge in [0.1, 0.15) is 5.75 Å². The first-order valence-electron chi connectivity index (χ1n) is 5.98. The van der Waals surface area contributed by atoms with E-state index < -0.39 is 11.8 Å². The molecule has 1 atom stereocenters. The first kappa shape index (κ1) is 11.0. The highest BCUT2D eigenvalue weighted by Crippen LogP contribution is 2.48. The van der Waals surface area contributed by atoms with Crippen LogP contribution in [0.3, 0.4) is 0 Å². The van der Waals surface area contributed by atoms with Gasteiger partial charge in [-0.2, -0.15) is 0 Å². The first-order chi connectivity index (χ1) is 8.15. The van der Waals surface area contributed by atoms with E-state index in [2.05, 4.69) is 5.32 Å². The smallest absolute Gasteiger partial charge is 0.255 e. The lowest BCUT2D eigenvalue weighted by Gasteiger charge is -2.18. The molecule has 17 heavy (non-hydrogen) atoms. The average molecular weight is 239 g/mol. The van der Waals surface area contributed by atoms with Crippen molar-refractivity contribution in [2.24, 2.45) is 5.92 Å². The summed E-state index contributed by atoms with van der Waals surface area (Å²) in [7, 11) is 0. The van der Waals surface area contributed by atoms with Crippen molar-refractivity contribution in [3.05, 3.63) is 29.3 Å². The Morgan fingerprint density at radius 3 is 2.94 bits per heavy atom. The summed E-state index contributed by atoms with van der Waals surface area (Å²) in [6.07, 6.45) is 0.952. The normalized spacial score (nSPS) is 25.2. The SMILES string of the molecule is FC1(F)C[C@H]1COc1ccc2c(c1)CCNC2. The predicted octanol–water partition coefficient (Wildman–Crippen LogP) is 2.37. The van der Waals surface area contributed by atoms with E-state index in [-0.39, 0.29) is 13.0 Å². The van der Waals surface area contributed by atoms with Gasteiger partial charge in [0.2, 0.25) is 0 Å². The zero-order chi connectivity index (χ0) is 11.9. The van der Waals surface area contributed by atoms with Crippen molar-refractivity contribution in [2.45, 2.75) is 25.3 Å². The third-order valence-corrected chi connectivity index (χ3v) is 3.47. The van der Waals surface area contributed by atoms with E-state index in [0.29, 0.717) is 5.75 Å². The van der Waals surface area contributed by atoms with E-state index in [1.165, 1.54) is 11.1 Å². The van der Waals surface area contributed by atoms with Crippen molar-refractivity contribution in [2.75, 3.05) is 13.2 Å². The molecule has 0 saturated heterocycles. The highest BCUT2D eigenvalue weighted by Gasteiger charge is 2.57. The lowest BCUT2D eigenvalue weighted by Crippen LogP contribution is -2.23. The maximum Gasteiger partial charge on any atom is 0.255 e. The third-order valence-electron chi connectivity index (χ3n) is 3.47. The second kappa shape index (κ2) is 3.95. The van der Waals surface area contributed by atoms with Crippen LogP contribution in [0.2, 0.25) is 0 Å². The van der Waals surface area contributed by atoms with E-state index in [1.54, 1.807) is 0 Å². The molecule has 3 rings (SSSR count). The number of hydrogen-bond donors (Lipinski definition) is 1. The van der Waals surface area contributed by atoms with Gasteiger partial charge in [0.25, 0.3) is 5.92 Å². The molecule has 0 spiro atoms. The van der Waals surface area contributed by atoms with Crippen molar-refractivity contribution in [1.82, 2.24) is 5.32 Å². The fourth-order valence-electron chi connectivity index (χ4n) is 2.19. The van der Waals surface area contributed by atoms with Gasteiger partial charge >= 0.3 is 0 Å². The van der Waals surface area contributed by atoms with Gasteiger partial charge in [-0.1, -0.05) is 6.07 Å². The van der Waals surface area contributed by atoms with Crippen LogP contribution >= 0.6 is 0 Å². The minimum absolute atomic E-state index is 0.0259. The summed E-state index contributed by atoms with van der Waals surface area (Å²) in [4.78, 5) is 0. The Morgan fingerprint density at radius 1 is 1.35 bits per heavy atom. The maximum absolute atomic E-state index is 12.7. The lowest BCUT2D eigenvalue weighted by molar-refractivity contribution is 0.0856. The lowest BCUT2D eigenvalue weighted by atomic mass is 10.0. The van der Waals surface area contributed by atoms with Gasteiger partial charge in [0, 0.05) is 13.0 Å². The van der Waals surface area contributed by atoms with Gasteiger partial charge in [-0.25, -0.2) is 8.78 Å². The predicted molar refractivity (Wildman–Crippen MR) is 60.4 cm³/mol. The molecule has 0 radical (unpaired) electrons. The fraction of sp³-hybridized carbons (Fsp3) is 0.538. The standard InChI is InChI=1S/C13H15F2NO/c14-13(15)6-11(13)8-17-12-2-1-10-7-16-4-3-9(10)5-12/h1-2,5,11,16H,3-4,6-8H2/t11-/m0/s1. The molecule has 1 N–H and O–H groups in total. The summed E-state index contributed by atoms with van der Waals surface area (Å²) in [5, 5.41) is 3.29. The number of halogens is 2. The molecule has 1 saturated carbocycles.